The fourth-order valence-electron chi connectivity index (χ4n) is 4.82. The largest absolute Gasteiger partial charge is 0.497 e. The summed E-state index contributed by atoms with van der Waals surface area (Å²) in [4.78, 5) is 17.7. The molecule has 2 heterocycles. The molecule has 0 aliphatic heterocycles. The second-order valence-corrected chi connectivity index (χ2v) is 11.0. The number of imidazole rings is 1. The Kier molecular flexibility index (Phi) is 7.16. The zero-order valence-corrected chi connectivity index (χ0v) is 22.6. The number of nitrogens with one attached hydrogen (secondary N) is 1. The molecule has 4 rings (SSSR count). The smallest absolute Gasteiger partial charge is 0.347 e. The van der Waals surface area contributed by atoms with Crippen LogP contribution in [-0.4, -0.2) is 35.1 Å². The molecule has 0 fully saturated rings. The zero-order chi connectivity index (χ0) is 26.8. The fraction of sp³-hybridized carbons (Fsp3) is 0.333. The van der Waals surface area contributed by atoms with Gasteiger partial charge in [-0.1, -0.05) is 26.8 Å². The van der Waals surface area contributed by atoms with Crippen LogP contribution < -0.4 is 19.5 Å². The molecule has 4 aromatic rings. The Morgan fingerprint density at radius 1 is 0.919 bits per heavy atom. The van der Waals surface area contributed by atoms with Crippen molar-refractivity contribution in [2.24, 2.45) is 5.41 Å². The van der Waals surface area contributed by atoms with E-state index >= 15 is 0 Å². The summed E-state index contributed by atoms with van der Waals surface area (Å²) in [6.45, 7) is 11.1. The number of rotatable bonds is 8. The maximum Gasteiger partial charge on any atom is 0.347 e. The lowest BCUT2D eigenvalue weighted by Gasteiger charge is -2.34. The normalized spacial score (nSPS) is 11.9. The van der Waals surface area contributed by atoms with Crippen LogP contribution in [0, 0.1) is 5.41 Å². The van der Waals surface area contributed by atoms with Crippen molar-refractivity contribution in [1.29, 1.82) is 0 Å². The van der Waals surface area contributed by atoms with Crippen molar-refractivity contribution in [3.05, 3.63) is 72.4 Å². The number of methoxy groups -OCH3 is 2. The number of pyridine rings is 1. The molecule has 0 bridgehead atoms. The molecule has 0 unspecified atom stereocenters. The first-order valence-corrected chi connectivity index (χ1v) is 12.3. The molecule has 194 valence electrons. The van der Waals surface area contributed by atoms with Crippen LogP contribution in [0.5, 0.6) is 17.2 Å². The molecule has 0 saturated heterocycles. The van der Waals surface area contributed by atoms with Crippen molar-refractivity contribution in [1.82, 2.24) is 9.38 Å². The summed E-state index contributed by atoms with van der Waals surface area (Å²) >= 11 is 0. The SMILES string of the molecule is COc1ccc(C(=O)Oc2ccc(-c3nc4ccccn4c3NC(C)(C)CC(C)(C)C)cc2)c(OC)c1. The monoisotopic (exact) mass is 501 g/mol. The maximum atomic E-state index is 12.8. The van der Waals surface area contributed by atoms with Gasteiger partial charge in [-0.15, -0.1) is 0 Å². The number of carbonyl (C=O) groups excluding carboxylic acids is 1. The Morgan fingerprint density at radius 3 is 2.27 bits per heavy atom. The number of ether oxygens (including phenoxy) is 3. The number of nitrogens with zero attached hydrogens (tertiary/aromatic N) is 2. The van der Waals surface area contributed by atoms with Crippen molar-refractivity contribution < 1.29 is 19.0 Å². The first kappa shape index (κ1) is 26.1. The topological polar surface area (TPSA) is 74.1 Å². The van der Waals surface area contributed by atoms with Crippen LogP contribution in [0.3, 0.4) is 0 Å². The van der Waals surface area contributed by atoms with E-state index in [0.29, 0.717) is 22.8 Å². The second-order valence-electron chi connectivity index (χ2n) is 11.0. The third-order valence-electron chi connectivity index (χ3n) is 5.93. The second kappa shape index (κ2) is 10.2. The van der Waals surface area contributed by atoms with Crippen LogP contribution >= 0.6 is 0 Å². The molecule has 2 aromatic heterocycles. The third kappa shape index (κ3) is 6.05. The highest BCUT2D eigenvalue weighted by Gasteiger charge is 2.28. The molecule has 7 heteroatoms. The van der Waals surface area contributed by atoms with Gasteiger partial charge in [-0.2, -0.15) is 0 Å². The summed E-state index contributed by atoms with van der Waals surface area (Å²) in [7, 11) is 3.06. The van der Waals surface area contributed by atoms with Crippen molar-refractivity contribution >= 4 is 17.4 Å². The summed E-state index contributed by atoms with van der Waals surface area (Å²) in [5.74, 6) is 1.83. The molecule has 37 heavy (non-hydrogen) atoms. The van der Waals surface area contributed by atoms with Gasteiger partial charge in [0.1, 0.15) is 40.0 Å². The Balaban J connectivity index is 1.62. The number of fused-ring (bicyclic) bond motifs is 1. The highest BCUT2D eigenvalue weighted by Crippen LogP contribution is 2.35. The molecule has 0 atom stereocenters. The van der Waals surface area contributed by atoms with Gasteiger partial charge in [0.05, 0.1) is 14.2 Å². The number of hydrogen-bond acceptors (Lipinski definition) is 6. The van der Waals surface area contributed by atoms with E-state index in [9.17, 15) is 4.79 Å². The first-order chi connectivity index (χ1) is 17.5. The minimum atomic E-state index is -0.508. The third-order valence-corrected chi connectivity index (χ3v) is 5.93. The Morgan fingerprint density at radius 2 is 1.62 bits per heavy atom. The van der Waals surface area contributed by atoms with E-state index in [0.717, 1.165) is 29.1 Å². The molecular weight excluding hydrogens is 466 g/mol. The van der Waals surface area contributed by atoms with Crippen LogP contribution in [-0.2, 0) is 0 Å². The van der Waals surface area contributed by atoms with E-state index in [1.165, 1.54) is 7.11 Å². The molecule has 7 nitrogen and oxygen atoms in total. The predicted molar refractivity (Wildman–Crippen MR) is 147 cm³/mol. The highest BCUT2D eigenvalue weighted by atomic mass is 16.5. The van der Waals surface area contributed by atoms with Gasteiger partial charge in [0, 0.05) is 23.4 Å². The number of carbonyl (C=O) groups is 1. The molecule has 0 aliphatic rings. The van der Waals surface area contributed by atoms with Gasteiger partial charge >= 0.3 is 5.97 Å². The van der Waals surface area contributed by atoms with E-state index in [2.05, 4.69) is 44.3 Å². The van der Waals surface area contributed by atoms with Crippen molar-refractivity contribution in [2.45, 2.75) is 46.6 Å². The molecule has 0 spiro atoms. The van der Waals surface area contributed by atoms with Gasteiger partial charge in [-0.3, -0.25) is 4.40 Å². The number of anilines is 1. The maximum absolute atomic E-state index is 12.8. The van der Waals surface area contributed by atoms with E-state index < -0.39 is 5.97 Å². The summed E-state index contributed by atoms with van der Waals surface area (Å²) in [6, 6.07) is 18.3. The van der Waals surface area contributed by atoms with E-state index in [4.69, 9.17) is 19.2 Å². The van der Waals surface area contributed by atoms with E-state index in [1.54, 1.807) is 37.4 Å². The molecule has 0 amide bonds. The van der Waals surface area contributed by atoms with Crippen LogP contribution in [0.15, 0.2) is 66.9 Å². The van der Waals surface area contributed by atoms with Crippen molar-refractivity contribution in [3.63, 3.8) is 0 Å². The average molecular weight is 502 g/mol. The number of aromatic nitrogens is 2. The predicted octanol–water partition coefficient (Wildman–Crippen LogP) is 6.86. The standard InChI is InChI=1S/C30H35N3O4/c1-29(2,3)19-30(4,5)32-27-26(31-25-10-8-9-17-33(25)27)20-11-13-21(14-12-20)37-28(34)23-16-15-22(35-6)18-24(23)36-7/h8-18,32H,19H2,1-7H3. The Bertz CT molecular complexity index is 1400. The molecule has 0 aliphatic carbocycles. The van der Waals surface area contributed by atoms with Crippen LogP contribution in [0.2, 0.25) is 0 Å². The van der Waals surface area contributed by atoms with E-state index in [-0.39, 0.29) is 11.0 Å². The van der Waals surface area contributed by atoms with E-state index in [1.807, 2.05) is 36.5 Å². The molecule has 2 aromatic carbocycles. The Hall–Kier alpha value is -4.00. The lowest BCUT2D eigenvalue weighted by molar-refractivity contribution is 0.0731. The lowest BCUT2D eigenvalue weighted by Crippen LogP contribution is -2.36. The van der Waals surface area contributed by atoms with Gasteiger partial charge in [-0.05, 0) is 74.2 Å². The summed E-state index contributed by atoms with van der Waals surface area (Å²) in [5.41, 5.74) is 2.93. The number of hydrogen-bond donors (Lipinski definition) is 1. The van der Waals surface area contributed by atoms with Gasteiger partial charge in [-0.25, -0.2) is 9.78 Å². The molecule has 1 N–H and O–H groups in total. The molecule has 0 radical (unpaired) electrons. The fourth-order valence-corrected chi connectivity index (χ4v) is 4.82. The average Bonchev–Trinajstić information content (AvgIpc) is 3.20. The summed E-state index contributed by atoms with van der Waals surface area (Å²) in [5, 5.41) is 3.75. The quantitative estimate of drug-likeness (QED) is 0.210. The zero-order valence-electron chi connectivity index (χ0n) is 22.6. The van der Waals surface area contributed by atoms with Crippen LogP contribution in [0.25, 0.3) is 16.9 Å². The number of esters is 1. The molecular formula is C30H35N3O4. The minimum absolute atomic E-state index is 0.161. The van der Waals surface area contributed by atoms with Gasteiger partial charge in [0.2, 0.25) is 0 Å². The highest BCUT2D eigenvalue weighted by molar-refractivity contribution is 5.94. The van der Waals surface area contributed by atoms with Crippen molar-refractivity contribution in [2.75, 3.05) is 19.5 Å². The molecule has 0 saturated carbocycles. The number of benzene rings is 2. The van der Waals surface area contributed by atoms with Crippen molar-refractivity contribution in [3.8, 4) is 28.5 Å². The van der Waals surface area contributed by atoms with Gasteiger partial charge < -0.3 is 19.5 Å². The van der Waals surface area contributed by atoms with Crippen LogP contribution in [0.4, 0.5) is 5.82 Å². The lowest BCUT2D eigenvalue weighted by atomic mass is 9.82. The summed E-state index contributed by atoms with van der Waals surface area (Å²) < 4.78 is 18.2. The first-order valence-electron chi connectivity index (χ1n) is 12.3. The van der Waals surface area contributed by atoms with Gasteiger partial charge in [0.15, 0.2) is 0 Å². The minimum Gasteiger partial charge on any atom is -0.497 e. The Labute approximate surface area is 218 Å². The summed E-state index contributed by atoms with van der Waals surface area (Å²) in [6.07, 6.45) is 2.99. The van der Waals surface area contributed by atoms with Gasteiger partial charge in [0.25, 0.3) is 0 Å². The van der Waals surface area contributed by atoms with Crippen LogP contribution in [0.1, 0.15) is 51.4 Å².